The van der Waals surface area contributed by atoms with E-state index in [1.165, 1.54) is 0 Å². The Morgan fingerprint density at radius 3 is 2.70 bits per heavy atom. The lowest BCUT2D eigenvalue weighted by Gasteiger charge is -2.18. The number of sulfone groups is 1. The monoisotopic (exact) mass is 339 g/mol. The Morgan fingerprint density at radius 2 is 2.04 bits per heavy atom. The summed E-state index contributed by atoms with van der Waals surface area (Å²) >= 11 is 0. The molecule has 1 N–H and O–H groups in total. The Morgan fingerprint density at radius 1 is 1.35 bits per heavy atom. The first-order chi connectivity index (χ1) is 11.0. The van der Waals surface area contributed by atoms with Gasteiger partial charge in [-0.05, 0) is 51.3 Å². The van der Waals surface area contributed by atoms with Gasteiger partial charge in [0, 0.05) is 12.5 Å². The fourth-order valence-electron chi connectivity index (χ4n) is 2.55. The maximum Gasteiger partial charge on any atom is 0.305 e. The van der Waals surface area contributed by atoms with Crippen molar-refractivity contribution in [1.29, 1.82) is 0 Å². The summed E-state index contributed by atoms with van der Waals surface area (Å²) in [6.45, 7) is 4.77. The van der Waals surface area contributed by atoms with E-state index >= 15 is 0 Å². The van der Waals surface area contributed by atoms with Gasteiger partial charge in [-0.3, -0.25) is 4.79 Å². The van der Waals surface area contributed by atoms with Gasteiger partial charge in [0.1, 0.15) is 0 Å². The Labute approximate surface area is 138 Å². The highest BCUT2D eigenvalue weighted by Gasteiger charge is 2.38. The smallest absolute Gasteiger partial charge is 0.305 e. The first kappa shape index (κ1) is 17.9. The molecule has 0 aromatic heterocycles. The van der Waals surface area contributed by atoms with Crippen LogP contribution in [0.3, 0.4) is 0 Å². The van der Waals surface area contributed by atoms with Crippen molar-refractivity contribution in [3.8, 4) is 0 Å². The number of rotatable bonds is 9. The van der Waals surface area contributed by atoms with Crippen LogP contribution in [-0.4, -0.2) is 32.8 Å². The predicted molar refractivity (Wildman–Crippen MR) is 88.9 cm³/mol. The van der Waals surface area contributed by atoms with Crippen molar-refractivity contribution < 1.29 is 17.9 Å². The average molecular weight is 339 g/mol. The zero-order valence-electron chi connectivity index (χ0n) is 13.7. The van der Waals surface area contributed by atoms with E-state index in [1.807, 2.05) is 19.1 Å². The molecule has 1 fully saturated rings. The van der Waals surface area contributed by atoms with Gasteiger partial charge in [0.2, 0.25) is 0 Å². The van der Waals surface area contributed by atoms with Crippen LogP contribution in [0.4, 0.5) is 0 Å². The summed E-state index contributed by atoms with van der Waals surface area (Å²) in [6.07, 6.45) is 2.56. The average Bonchev–Trinajstić information content (AvgIpc) is 3.37. The largest absolute Gasteiger partial charge is 0.466 e. The number of esters is 1. The minimum absolute atomic E-state index is 0.0816. The van der Waals surface area contributed by atoms with Gasteiger partial charge in [-0.15, -0.1) is 0 Å². The summed E-state index contributed by atoms with van der Waals surface area (Å²) in [5.74, 6) is -0.196. The molecule has 2 rings (SSSR count). The van der Waals surface area contributed by atoms with E-state index in [0.29, 0.717) is 30.9 Å². The van der Waals surface area contributed by atoms with Gasteiger partial charge in [0.15, 0.2) is 9.84 Å². The van der Waals surface area contributed by atoms with Crippen LogP contribution in [0.25, 0.3) is 0 Å². The highest BCUT2D eigenvalue weighted by atomic mass is 32.2. The zero-order chi connectivity index (χ0) is 16.9. The van der Waals surface area contributed by atoms with Crippen LogP contribution in [0, 0.1) is 0 Å². The molecule has 0 amide bonds. The molecule has 1 aromatic carbocycles. The quantitative estimate of drug-likeness (QED) is 0.553. The Bertz CT molecular complexity index is 638. The number of carbonyl (C=O) groups is 1. The van der Waals surface area contributed by atoms with Crippen LogP contribution >= 0.6 is 0 Å². The molecule has 0 aliphatic heterocycles. The Balaban J connectivity index is 1.95. The zero-order valence-corrected chi connectivity index (χ0v) is 14.6. The van der Waals surface area contributed by atoms with Gasteiger partial charge in [0.25, 0.3) is 0 Å². The van der Waals surface area contributed by atoms with Gasteiger partial charge in [0.05, 0.1) is 16.8 Å². The number of nitrogens with one attached hydrogen (secondary N) is 1. The maximum absolute atomic E-state index is 12.5. The molecule has 6 heteroatoms. The summed E-state index contributed by atoms with van der Waals surface area (Å²) in [5, 5.41) is 3.09. The molecule has 0 heterocycles. The molecule has 0 radical (unpaired) electrons. The topological polar surface area (TPSA) is 72.5 Å². The first-order valence-corrected chi connectivity index (χ1v) is 9.73. The molecule has 1 aliphatic carbocycles. The third kappa shape index (κ3) is 4.78. The van der Waals surface area contributed by atoms with Crippen LogP contribution in [0.2, 0.25) is 0 Å². The maximum atomic E-state index is 12.5. The molecule has 1 atom stereocenters. The minimum atomic E-state index is -3.21. The third-order valence-corrected chi connectivity index (χ3v) is 6.30. The fraction of sp³-hybridized carbons (Fsp3) is 0.588. The van der Waals surface area contributed by atoms with Gasteiger partial charge in [-0.1, -0.05) is 18.2 Å². The molecular weight excluding hydrogens is 314 g/mol. The van der Waals surface area contributed by atoms with Crippen molar-refractivity contribution in [2.75, 3.05) is 13.2 Å². The van der Waals surface area contributed by atoms with E-state index in [0.717, 1.165) is 18.4 Å². The number of ether oxygens (including phenoxy) is 1. The molecule has 1 aromatic rings. The molecule has 128 valence electrons. The van der Waals surface area contributed by atoms with Crippen molar-refractivity contribution in [3.05, 3.63) is 29.8 Å². The molecule has 0 saturated heterocycles. The van der Waals surface area contributed by atoms with E-state index in [2.05, 4.69) is 5.32 Å². The van der Waals surface area contributed by atoms with Crippen LogP contribution in [0.5, 0.6) is 0 Å². The van der Waals surface area contributed by atoms with E-state index in [4.69, 9.17) is 4.74 Å². The Kier molecular flexibility index (Phi) is 6.18. The van der Waals surface area contributed by atoms with Crippen molar-refractivity contribution in [2.45, 2.75) is 55.7 Å². The predicted octanol–water partition coefficient (Wildman–Crippen LogP) is 2.62. The summed E-state index contributed by atoms with van der Waals surface area (Å²) in [6, 6.07) is 7.10. The molecule has 1 aliphatic rings. The van der Waals surface area contributed by atoms with E-state index in [9.17, 15) is 13.2 Å². The number of hydrogen-bond donors (Lipinski definition) is 1. The second kappa shape index (κ2) is 7.93. The Hall–Kier alpha value is -1.40. The van der Waals surface area contributed by atoms with Gasteiger partial charge < -0.3 is 10.1 Å². The molecule has 1 unspecified atom stereocenters. The van der Waals surface area contributed by atoms with Crippen LogP contribution in [0.1, 0.15) is 51.1 Å². The van der Waals surface area contributed by atoms with E-state index in [1.54, 1.807) is 19.1 Å². The van der Waals surface area contributed by atoms with Crippen molar-refractivity contribution in [3.63, 3.8) is 0 Å². The minimum Gasteiger partial charge on any atom is -0.466 e. The number of hydrogen-bond acceptors (Lipinski definition) is 5. The number of carbonyl (C=O) groups excluding carboxylic acids is 1. The molecule has 5 nitrogen and oxygen atoms in total. The van der Waals surface area contributed by atoms with E-state index < -0.39 is 9.84 Å². The fourth-order valence-corrected chi connectivity index (χ4v) is 4.51. The van der Waals surface area contributed by atoms with Gasteiger partial charge in [-0.25, -0.2) is 8.42 Å². The molecule has 1 saturated carbocycles. The summed E-state index contributed by atoms with van der Waals surface area (Å²) in [7, 11) is -3.21. The summed E-state index contributed by atoms with van der Waals surface area (Å²) < 4.78 is 29.9. The SMILES string of the molecule is CCOC(=O)CCCNC(C)c1ccccc1S(=O)(=O)C1CC1. The second-order valence-corrected chi connectivity index (χ2v) is 8.06. The van der Waals surface area contributed by atoms with Crippen molar-refractivity contribution in [2.24, 2.45) is 0 Å². The highest BCUT2D eigenvalue weighted by molar-refractivity contribution is 7.92. The van der Waals surface area contributed by atoms with Crippen molar-refractivity contribution in [1.82, 2.24) is 5.32 Å². The van der Waals surface area contributed by atoms with Gasteiger partial charge >= 0.3 is 5.97 Å². The molecular formula is C17H25NO4S. The first-order valence-electron chi connectivity index (χ1n) is 8.18. The molecule has 0 spiro atoms. The normalized spacial score (nSPS) is 16.1. The summed E-state index contributed by atoms with van der Waals surface area (Å²) in [4.78, 5) is 11.7. The van der Waals surface area contributed by atoms with Crippen LogP contribution in [0.15, 0.2) is 29.2 Å². The molecule has 0 bridgehead atoms. The standard InChI is InChI=1S/C17H25NO4S/c1-3-22-17(19)9-6-12-18-13(2)15-7-4-5-8-16(15)23(20,21)14-10-11-14/h4-5,7-8,13-14,18H,3,6,9-12H2,1-2H3. The number of benzene rings is 1. The van der Waals surface area contributed by atoms with Crippen LogP contribution in [-0.2, 0) is 19.4 Å². The lowest BCUT2D eigenvalue weighted by atomic mass is 10.1. The van der Waals surface area contributed by atoms with Crippen LogP contribution < -0.4 is 5.32 Å². The van der Waals surface area contributed by atoms with E-state index in [-0.39, 0.29) is 17.3 Å². The molecule has 23 heavy (non-hydrogen) atoms. The van der Waals surface area contributed by atoms with Gasteiger partial charge in [-0.2, -0.15) is 0 Å². The lowest BCUT2D eigenvalue weighted by Crippen LogP contribution is -2.23. The second-order valence-electron chi connectivity index (χ2n) is 5.87. The lowest BCUT2D eigenvalue weighted by molar-refractivity contribution is -0.143. The third-order valence-electron chi connectivity index (χ3n) is 3.97. The van der Waals surface area contributed by atoms with Crippen molar-refractivity contribution >= 4 is 15.8 Å². The summed E-state index contributed by atoms with van der Waals surface area (Å²) in [5.41, 5.74) is 0.801. The highest BCUT2D eigenvalue weighted by Crippen LogP contribution is 2.36.